The molecule has 0 aliphatic heterocycles. The lowest BCUT2D eigenvalue weighted by molar-refractivity contribution is 0.0843. The van der Waals surface area contributed by atoms with E-state index in [-0.39, 0.29) is 5.76 Å². The highest BCUT2D eigenvalue weighted by Crippen LogP contribution is 2.33. The van der Waals surface area contributed by atoms with Gasteiger partial charge in [-0.1, -0.05) is 30.0 Å². The van der Waals surface area contributed by atoms with Crippen molar-refractivity contribution in [1.82, 2.24) is 0 Å². The Balaban J connectivity index is 2.35. The van der Waals surface area contributed by atoms with E-state index in [0.29, 0.717) is 5.57 Å². The lowest BCUT2D eigenvalue weighted by Gasteiger charge is -2.26. The maximum atomic E-state index is 13.9. The number of rotatable bonds is 1. The molecule has 1 aromatic rings. The van der Waals surface area contributed by atoms with Crippen molar-refractivity contribution in [2.75, 3.05) is 7.11 Å². The van der Waals surface area contributed by atoms with Crippen LogP contribution in [-0.2, 0) is 4.74 Å². The number of halogens is 2. The average Bonchev–Trinajstić information content (AvgIpc) is 2.41. The van der Waals surface area contributed by atoms with Gasteiger partial charge in [0.25, 0.3) is 0 Å². The summed E-state index contributed by atoms with van der Waals surface area (Å²) in [6.45, 7) is 1.18. The van der Waals surface area contributed by atoms with Crippen molar-refractivity contribution in [2.45, 2.75) is 18.8 Å². The van der Waals surface area contributed by atoms with Crippen LogP contribution >= 0.6 is 0 Å². The summed E-state index contributed by atoms with van der Waals surface area (Å²) in [5, 5.41) is 0. The summed E-state index contributed by atoms with van der Waals surface area (Å²) in [5.41, 5.74) is -0.875. The van der Waals surface area contributed by atoms with E-state index in [1.54, 1.807) is 0 Å². The number of alkyl halides is 2. The summed E-state index contributed by atoms with van der Waals surface area (Å²) in [6, 6.07) is 9.31. The quantitative estimate of drug-likeness (QED) is 0.701. The molecule has 0 saturated heterocycles. The Hall–Kier alpha value is -2.08. The molecule has 0 spiro atoms. The zero-order valence-corrected chi connectivity index (χ0v) is 10.8. The number of benzene rings is 1. The van der Waals surface area contributed by atoms with Gasteiger partial charge >= 0.3 is 0 Å². The molecule has 0 radical (unpaired) electrons. The minimum Gasteiger partial charge on any atom is -0.497 e. The van der Waals surface area contributed by atoms with Crippen LogP contribution in [0.15, 0.2) is 53.8 Å². The van der Waals surface area contributed by atoms with Crippen LogP contribution in [0.25, 0.3) is 0 Å². The third-order valence-corrected chi connectivity index (χ3v) is 2.90. The van der Waals surface area contributed by atoms with E-state index in [1.807, 2.05) is 30.3 Å². The minimum absolute atomic E-state index is 0.0593. The zero-order valence-electron chi connectivity index (χ0n) is 10.8. The van der Waals surface area contributed by atoms with Gasteiger partial charge in [-0.3, -0.25) is 0 Å². The van der Waals surface area contributed by atoms with Crippen LogP contribution in [-0.4, -0.2) is 19.0 Å². The van der Waals surface area contributed by atoms with Crippen LogP contribution in [0.5, 0.6) is 0 Å². The van der Waals surface area contributed by atoms with Gasteiger partial charge in [0.1, 0.15) is 5.76 Å². The second-order valence-electron chi connectivity index (χ2n) is 4.45. The first-order valence-electron chi connectivity index (χ1n) is 5.92. The summed E-state index contributed by atoms with van der Waals surface area (Å²) >= 11 is 0. The Morgan fingerprint density at radius 1 is 1.21 bits per heavy atom. The largest absolute Gasteiger partial charge is 0.497 e. The molecule has 2 unspecified atom stereocenters. The van der Waals surface area contributed by atoms with Crippen molar-refractivity contribution in [1.29, 1.82) is 0 Å². The highest BCUT2D eigenvalue weighted by Gasteiger charge is 2.39. The number of ether oxygens (including phenoxy) is 1. The van der Waals surface area contributed by atoms with E-state index in [2.05, 4.69) is 11.8 Å². The van der Waals surface area contributed by atoms with Gasteiger partial charge in [0, 0.05) is 5.56 Å². The van der Waals surface area contributed by atoms with Gasteiger partial charge in [-0.05, 0) is 31.2 Å². The van der Waals surface area contributed by atoms with E-state index < -0.39 is 11.8 Å². The molecule has 19 heavy (non-hydrogen) atoms. The summed E-state index contributed by atoms with van der Waals surface area (Å²) in [5.74, 6) is 5.66. The summed E-state index contributed by atoms with van der Waals surface area (Å²) in [7, 11) is 1.32. The van der Waals surface area contributed by atoms with E-state index in [0.717, 1.165) is 5.56 Å². The van der Waals surface area contributed by atoms with E-state index in [9.17, 15) is 8.78 Å². The molecule has 0 bridgehead atoms. The summed E-state index contributed by atoms with van der Waals surface area (Å²) < 4.78 is 32.7. The van der Waals surface area contributed by atoms with Crippen molar-refractivity contribution in [3.8, 4) is 11.8 Å². The van der Waals surface area contributed by atoms with Crippen LogP contribution in [0.4, 0.5) is 8.78 Å². The second kappa shape index (κ2) is 5.27. The van der Waals surface area contributed by atoms with Crippen molar-refractivity contribution in [3.05, 3.63) is 59.4 Å². The van der Waals surface area contributed by atoms with Crippen LogP contribution in [0.2, 0.25) is 0 Å². The van der Waals surface area contributed by atoms with Crippen molar-refractivity contribution < 1.29 is 13.5 Å². The molecule has 1 aliphatic rings. The number of methoxy groups -OCH3 is 1. The standard InChI is InChI=1S/C16H14F2O/c1-16(18)11-10-13(14(19-2)15(16)17)9-8-12-6-4-3-5-7-12/h3-7,10-11,15H,1-2H3. The lowest BCUT2D eigenvalue weighted by atomic mass is 9.92. The summed E-state index contributed by atoms with van der Waals surface area (Å²) in [4.78, 5) is 0. The van der Waals surface area contributed by atoms with Crippen molar-refractivity contribution in [3.63, 3.8) is 0 Å². The first kappa shape index (κ1) is 13.4. The van der Waals surface area contributed by atoms with E-state index in [4.69, 9.17) is 4.74 Å². The Morgan fingerprint density at radius 3 is 2.53 bits per heavy atom. The third-order valence-electron chi connectivity index (χ3n) is 2.90. The third kappa shape index (κ3) is 2.85. The van der Waals surface area contributed by atoms with Crippen molar-refractivity contribution >= 4 is 0 Å². The first-order valence-corrected chi connectivity index (χ1v) is 5.92. The zero-order chi connectivity index (χ0) is 13.9. The molecule has 0 heterocycles. The Morgan fingerprint density at radius 2 is 1.89 bits per heavy atom. The van der Waals surface area contributed by atoms with Gasteiger partial charge in [-0.15, -0.1) is 0 Å². The fourth-order valence-corrected chi connectivity index (χ4v) is 1.78. The van der Waals surface area contributed by atoms with Gasteiger partial charge in [0.05, 0.1) is 12.7 Å². The highest BCUT2D eigenvalue weighted by molar-refractivity contribution is 5.50. The van der Waals surface area contributed by atoms with Crippen LogP contribution in [0.3, 0.4) is 0 Å². The monoisotopic (exact) mass is 260 g/mol. The molecule has 2 atom stereocenters. The number of hydrogen-bond donors (Lipinski definition) is 0. The van der Waals surface area contributed by atoms with E-state index >= 15 is 0 Å². The van der Waals surface area contributed by atoms with Gasteiger partial charge in [0.2, 0.25) is 0 Å². The second-order valence-corrected chi connectivity index (χ2v) is 4.45. The molecular weight excluding hydrogens is 246 g/mol. The maximum Gasteiger partial charge on any atom is 0.195 e. The molecule has 0 saturated carbocycles. The molecule has 0 N–H and O–H groups in total. The number of hydrogen-bond acceptors (Lipinski definition) is 1. The smallest absolute Gasteiger partial charge is 0.195 e. The minimum atomic E-state index is -2.05. The molecule has 0 fully saturated rings. The molecule has 1 aromatic carbocycles. The fourth-order valence-electron chi connectivity index (χ4n) is 1.78. The number of allylic oxidation sites excluding steroid dienone is 4. The first-order chi connectivity index (χ1) is 9.04. The summed E-state index contributed by atoms with van der Waals surface area (Å²) in [6.07, 6.45) is 0.808. The maximum absolute atomic E-state index is 13.9. The van der Waals surface area contributed by atoms with Crippen molar-refractivity contribution in [2.24, 2.45) is 0 Å². The Bertz CT molecular complexity index is 574. The normalized spacial score (nSPS) is 25.8. The topological polar surface area (TPSA) is 9.23 Å². The van der Waals surface area contributed by atoms with E-state index in [1.165, 1.54) is 26.2 Å². The Labute approximate surface area is 111 Å². The molecule has 0 amide bonds. The average molecular weight is 260 g/mol. The molecular formula is C16H14F2O. The molecule has 0 aromatic heterocycles. The molecule has 98 valence electrons. The lowest BCUT2D eigenvalue weighted by Crippen LogP contribution is -2.34. The molecule has 3 heteroatoms. The van der Waals surface area contributed by atoms with Crippen LogP contribution in [0, 0.1) is 11.8 Å². The molecule has 2 rings (SSSR count). The highest BCUT2D eigenvalue weighted by atomic mass is 19.2. The van der Waals surface area contributed by atoms with Gasteiger partial charge in [0.15, 0.2) is 11.8 Å². The Kier molecular flexibility index (Phi) is 3.71. The van der Waals surface area contributed by atoms with Gasteiger partial charge < -0.3 is 4.74 Å². The molecule has 1 nitrogen and oxygen atoms in total. The van der Waals surface area contributed by atoms with Gasteiger partial charge in [-0.25, -0.2) is 8.78 Å². The SMILES string of the molecule is COC1=C(C#Cc2ccccc2)C=CC(C)(F)C1F. The van der Waals surface area contributed by atoms with Crippen LogP contribution < -0.4 is 0 Å². The van der Waals surface area contributed by atoms with Gasteiger partial charge in [-0.2, -0.15) is 0 Å². The fraction of sp³-hybridized carbons (Fsp3) is 0.250. The predicted octanol–water partition coefficient (Wildman–Crippen LogP) is 3.57. The predicted molar refractivity (Wildman–Crippen MR) is 70.9 cm³/mol. The van der Waals surface area contributed by atoms with Crippen LogP contribution in [0.1, 0.15) is 12.5 Å². The molecule has 1 aliphatic carbocycles.